The molecule has 19 heavy (non-hydrogen) atoms. The van der Waals surface area contributed by atoms with Gasteiger partial charge in [0, 0.05) is 12.8 Å². The predicted octanol–water partition coefficient (Wildman–Crippen LogP) is 2.61. The molecule has 0 bridgehead atoms. The van der Waals surface area contributed by atoms with E-state index in [1.165, 1.54) is 25.7 Å². The van der Waals surface area contributed by atoms with Gasteiger partial charge in [-0.15, -0.1) is 0 Å². The Balaban J connectivity index is 1.27. The number of esters is 1. The molecule has 4 nitrogen and oxygen atoms in total. The molecule has 3 atom stereocenters. The summed E-state index contributed by atoms with van der Waals surface area (Å²) in [5.41, 5.74) is 0. The van der Waals surface area contributed by atoms with Crippen LogP contribution in [-0.2, 0) is 19.0 Å². The highest BCUT2D eigenvalue weighted by atomic mass is 17.0. The Morgan fingerprint density at radius 2 is 2.00 bits per heavy atom. The lowest BCUT2D eigenvalue weighted by Gasteiger charge is -2.28. The molecule has 4 heteroatoms. The van der Waals surface area contributed by atoms with Crippen molar-refractivity contribution < 1.29 is 19.0 Å². The monoisotopic (exact) mass is 266 g/mol. The van der Waals surface area contributed by atoms with Crippen LogP contribution in [0.1, 0.15) is 51.9 Å². The van der Waals surface area contributed by atoms with E-state index in [1.54, 1.807) is 0 Å². The zero-order valence-electron chi connectivity index (χ0n) is 11.5. The van der Waals surface area contributed by atoms with Gasteiger partial charge in [0.1, 0.15) is 0 Å². The van der Waals surface area contributed by atoms with E-state index in [4.69, 9.17) is 14.2 Å². The van der Waals surface area contributed by atoms with Gasteiger partial charge in [0.2, 0.25) is 11.6 Å². The fourth-order valence-corrected chi connectivity index (χ4v) is 3.96. The molecular formula is C15H22O4. The molecule has 2 heterocycles. The first-order chi connectivity index (χ1) is 9.14. The summed E-state index contributed by atoms with van der Waals surface area (Å²) >= 11 is 0. The second-order valence-electron chi connectivity index (χ2n) is 6.80. The minimum absolute atomic E-state index is 0.0166. The van der Waals surface area contributed by atoms with E-state index in [1.807, 2.05) is 0 Å². The molecule has 2 saturated heterocycles. The molecule has 0 aromatic heterocycles. The van der Waals surface area contributed by atoms with E-state index in [0.717, 1.165) is 12.8 Å². The van der Waals surface area contributed by atoms with Gasteiger partial charge in [-0.05, 0) is 24.7 Å². The zero-order chi connectivity index (χ0) is 13.1. The van der Waals surface area contributed by atoms with Crippen LogP contribution in [0, 0.1) is 17.8 Å². The maximum absolute atomic E-state index is 12.1. The third-order valence-corrected chi connectivity index (χ3v) is 5.56. The molecule has 0 N–H and O–H groups in total. The fourth-order valence-electron chi connectivity index (χ4n) is 3.96. The molecule has 0 aromatic rings. The summed E-state index contributed by atoms with van der Waals surface area (Å²) in [4.78, 5) is 12.1. The first kappa shape index (κ1) is 12.2. The van der Waals surface area contributed by atoms with Crippen LogP contribution in [0.2, 0.25) is 0 Å². The van der Waals surface area contributed by atoms with Crippen LogP contribution in [0.5, 0.6) is 0 Å². The highest BCUT2D eigenvalue weighted by molar-refractivity contribution is 5.73. The molecule has 2 saturated carbocycles. The molecular weight excluding hydrogens is 244 g/mol. The van der Waals surface area contributed by atoms with Crippen molar-refractivity contribution in [1.82, 2.24) is 0 Å². The van der Waals surface area contributed by atoms with Gasteiger partial charge in [-0.3, -0.25) is 4.79 Å². The summed E-state index contributed by atoms with van der Waals surface area (Å²) in [6.07, 6.45) is 7.49. The van der Waals surface area contributed by atoms with Gasteiger partial charge in [-0.2, -0.15) is 0 Å². The standard InChI is InChI=1S/C15H22O4/c1-10-4-2-3-5-12(10)9-17-13(16)11-6-7-14-15(8-11,18-14)19-14/h10-12H,2-9H2,1H3. The lowest BCUT2D eigenvalue weighted by atomic mass is 9.81. The summed E-state index contributed by atoms with van der Waals surface area (Å²) in [5, 5.41) is 0. The minimum atomic E-state index is -0.368. The Bertz CT molecular complexity index is 399. The van der Waals surface area contributed by atoms with Crippen molar-refractivity contribution in [2.24, 2.45) is 17.8 Å². The molecule has 4 aliphatic rings. The second kappa shape index (κ2) is 3.95. The van der Waals surface area contributed by atoms with E-state index in [2.05, 4.69) is 6.92 Å². The largest absolute Gasteiger partial charge is 0.465 e. The van der Waals surface area contributed by atoms with Crippen LogP contribution in [0.3, 0.4) is 0 Å². The van der Waals surface area contributed by atoms with Gasteiger partial charge in [0.25, 0.3) is 0 Å². The van der Waals surface area contributed by atoms with Crippen molar-refractivity contribution in [2.75, 3.05) is 6.61 Å². The lowest BCUT2D eigenvalue weighted by molar-refractivity contribution is -0.153. The van der Waals surface area contributed by atoms with Crippen molar-refractivity contribution in [1.29, 1.82) is 0 Å². The maximum Gasteiger partial charge on any atom is 0.309 e. The summed E-state index contributed by atoms with van der Waals surface area (Å²) < 4.78 is 16.6. The zero-order valence-corrected chi connectivity index (χ0v) is 11.5. The Labute approximate surface area is 113 Å². The predicted molar refractivity (Wildman–Crippen MR) is 67.1 cm³/mol. The average Bonchev–Trinajstić information content (AvgIpc) is 3.23. The molecule has 4 rings (SSSR count). The number of ether oxygens (including phenoxy) is 3. The molecule has 0 spiro atoms. The molecule has 2 aliphatic carbocycles. The van der Waals surface area contributed by atoms with E-state index in [-0.39, 0.29) is 23.5 Å². The first-order valence-electron chi connectivity index (χ1n) is 7.71. The average molecular weight is 266 g/mol. The van der Waals surface area contributed by atoms with Crippen LogP contribution in [0.4, 0.5) is 0 Å². The van der Waals surface area contributed by atoms with Gasteiger partial charge in [-0.1, -0.05) is 26.2 Å². The van der Waals surface area contributed by atoms with Crippen LogP contribution in [0.25, 0.3) is 0 Å². The summed E-state index contributed by atoms with van der Waals surface area (Å²) in [5.74, 6) is 0.573. The van der Waals surface area contributed by atoms with Gasteiger partial charge in [-0.25, -0.2) is 0 Å². The third kappa shape index (κ3) is 1.83. The minimum Gasteiger partial charge on any atom is -0.465 e. The van der Waals surface area contributed by atoms with Crippen LogP contribution in [0.15, 0.2) is 0 Å². The highest BCUT2D eigenvalue weighted by Gasteiger charge is 2.91. The van der Waals surface area contributed by atoms with Crippen molar-refractivity contribution in [3.8, 4) is 0 Å². The number of carbonyl (C=O) groups is 1. The fraction of sp³-hybridized carbons (Fsp3) is 0.933. The quantitative estimate of drug-likeness (QED) is 0.582. The smallest absolute Gasteiger partial charge is 0.309 e. The van der Waals surface area contributed by atoms with E-state index >= 15 is 0 Å². The summed E-state index contributed by atoms with van der Waals surface area (Å²) in [6, 6.07) is 0. The molecule has 0 aromatic carbocycles. The van der Waals surface area contributed by atoms with Crippen molar-refractivity contribution in [2.45, 2.75) is 63.4 Å². The van der Waals surface area contributed by atoms with Gasteiger partial charge in [0.15, 0.2) is 0 Å². The SMILES string of the molecule is CC1CCCCC1COC(=O)C1CCC23OC2(C1)O3. The number of hydrogen-bond donors (Lipinski definition) is 0. The molecule has 3 unspecified atom stereocenters. The van der Waals surface area contributed by atoms with Crippen LogP contribution < -0.4 is 0 Å². The van der Waals surface area contributed by atoms with Crippen molar-refractivity contribution in [3.63, 3.8) is 0 Å². The molecule has 2 aliphatic heterocycles. The van der Waals surface area contributed by atoms with Crippen LogP contribution in [-0.4, -0.2) is 24.2 Å². The van der Waals surface area contributed by atoms with Gasteiger partial charge in [0.05, 0.1) is 12.5 Å². The molecule has 4 fully saturated rings. The number of rotatable bonds is 3. The lowest BCUT2D eigenvalue weighted by Crippen LogP contribution is -2.28. The number of epoxide rings is 2. The van der Waals surface area contributed by atoms with Crippen LogP contribution >= 0.6 is 0 Å². The normalized spacial score (nSPS) is 50.9. The van der Waals surface area contributed by atoms with Gasteiger partial charge < -0.3 is 14.2 Å². The molecule has 106 valence electrons. The highest BCUT2D eigenvalue weighted by Crippen LogP contribution is 2.75. The topological polar surface area (TPSA) is 51.4 Å². The Kier molecular flexibility index (Phi) is 2.53. The summed E-state index contributed by atoms with van der Waals surface area (Å²) in [7, 11) is 0. The van der Waals surface area contributed by atoms with Crippen molar-refractivity contribution in [3.05, 3.63) is 0 Å². The first-order valence-corrected chi connectivity index (χ1v) is 7.71. The maximum atomic E-state index is 12.1. The Morgan fingerprint density at radius 1 is 1.21 bits per heavy atom. The van der Waals surface area contributed by atoms with Crippen molar-refractivity contribution >= 4 is 5.97 Å². The molecule has 0 amide bonds. The Morgan fingerprint density at radius 3 is 2.74 bits per heavy atom. The Hall–Kier alpha value is -0.610. The van der Waals surface area contributed by atoms with E-state index < -0.39 is 0 Å². The number of hydrogen-bond acceptors (Lipinski definition) is 4. The molecule has 0 radical (unpaired) electrons. The van der Waals surface area contributed by atoms with Gasteiger partial charge >= 0.3 is 5.97 Å². The third-order valence-electron chi connectivity index (χ3n) is 5.56. The second-order valence-corrected chi connectivity index (χ2v) is 6.80. The van der Waals surface area contributed by atoms with E-state index in [9.17, 15) is 4.79 Å². The summed E-state index contributed by atoms with van der Waals surface area (Å²) in [6.45, 7) is 2.89. The number of carbonyl (C=O) groups excluding carboxylic acids is 1. The van der Waals surface area contributed by atoms with E-state index in [0.29, 0.717) is 24.9 Å².